The fourth-order valence-corrected chi connectivity index (χ4v) is 4.00. The number of benzene rings is 1. The molecule has 1 aliphatic carbocycles. The van der Waals surface area contributed by atoms with Crippen LogP contribution in [0.4, 0.5) is 0 Å². The zero-order valence-corrected chi connectivity index (χ0v) is 18.6. The molecule has 1 aliphatic heterocycles. The van der Waals surface area contributed by atoms with E-state index in [0.29, 0.717) is 24.4 Å². The third-order valence-corrected chi connectivity index (χ3v) is 5.84. The van der Waals surface area contributed by atoms with E-state index in [-0.39, 0.29) is 11.9 Å². The van der Waals surface area contributed by atoms with Crippen molar-refractivity contribution in [2.24, 2.45) is 4.99 Å². The maximum Gasteiger partial charge on any atom is 0.234 e. The van der Waals surface area contributed by atoms with E-state index in [1.54, 1.807) is 0 Å². The molecular formula is C23H37N5O. The second-order valence-corrected chi connectivity index (χ2v) is 8.95. The van der Waals surface area contributed by atoms with Crippen LogP contribution < -0.4 is 10.6 Å². The summed E-state index contributed by atoms with van der Waals surface area (Å²) in [6, 6.07) is 9.75. The highest BCUT2D eigenvalue weighted by atomic mass is 16.2. The van der Waals surface area contributed by atoms with E-state index in [1.807, 2.05) is 20.9 Å². The second kappa shape index (κ2) is 9.61. The van der Waals surface area contributed by atoms with Gasteiger partial charge >= 0.3 is 0 Å². The SMILES string of the molecule is CN=C(NC1CC1c1ccc(C(C)C)cc1)N1CCN(CC(=O)NC(C)C)CC1. The van der Waals surface area contributed by atoms with Gasteiger partial charge in [-0.3, -0.25) is 14.7 Å². The van der Waals surface area contributed by atoms with Gasteiger partial charge < -0.3 is 15.5 Å². The zero-order valence-electron chi connectivity index (χ0n) is 18.6. The molecular weight excluding hydrogens is 362 g/mol. The molecule has 6 heteroatoms. The number of nitrogens with zero attached hydrogens (tertiary/aromatic N) is 3. The molecule has 0 spiro atoms. The maximum atomic E-state index is 12.0. The number of nitrogens with one attached hydrogen (secondary N) is 2. The fraction of sp³-hybridized carbons (Fsp3) is 0.652. The molecule has 0 radical (unpaired) electrons. The zero-order chi connectivity index (χ0) is 21.0. The Balaban J connectivity index is 1.45. The van der Waals surface area contributed by atoms with E-state index in [0.717, 1.165) is 38.6 Å². The molecule has 1 saturated heterocycles. The Labute approximate surface area is 175 Å². The maximum absolute atomic E-state index is 12.0. The summed E-state index contributed by atoms with van der Waals surface area (Å²) in [7, 11) is 1.86. The summed E-state index contributed by atoms with van der Waals surface area (Å²) in [6.07, 6.45) is 1.16. The van der Waals surface area contributed by atoms with Crippen LogP contribution in [0.2, 0.25) is 0 Å². The molecule has 2 aliphatic rings. The highest BCUT2D eigenvalue weighted by Crippen LogP contribution is 2.41. The van der Waals surface area contributed by atoms with Crippen molar-refractivity contribution in [1.29, 1.82) is 0 Å². The molecule has 1 aromatic carbocycles. The third-order valence-electron chi connectivity index (χ3n) is 5.84. The molecule has 29 heavy (non-hydrogen) atoms. The van der Waals surface area contributed by atoms with Gasteiger partial charge in [-0.2, -0.15) is 0 Å². The Morgan fingerprint density at radius 2 is 1.76 bits per heavy atom. The Bertz CT molecular complexity index is 704. The topological polar surface area (TPSA) is 60.0 Å². The van der Waals surface area contributed by atoms with E-state index >= 15 is 0 Å². The second-order valence-electron chi connectivity index (χ2n) is 8.95. The van der Waals surface area contributed by atoms with Crippen molar-refractivity contribution in [1.82, 2.24) is 20.4 Å². The van der Waals surface area contributed by atoms with E-state index in [9.17, 15) is 4.79 Å². The van der Waals surface area contributed by atoms with E-state index < -0.39 is 0 Å². The van der Waals surface area contributed by atoms with Crippen molar-refractivity contribution >= 4 is 11.9 Å². The fourth-order valence-electron chi connectivity index (χ4n) is 4.00. The third kappa shape index (κ3) is 5.95. The summed E-state index contributed by atoms with van der Waals surface area (Å²) in [5.41, 5.74) is 2.82. The van der Waals surface area contributed by atoms with Gasteiger partial charge in [-0.15, -0.1) is 0 Å². The minimum atomic E-state index is 0.111. The van der Waals surface area contributed by atoms with Gasteiger partial charge in [0.05, 0.1) is 6.54 Å². The molecule has 0 bridgehead atoms. The van der Waals surface area contributed by atoms with Gasteiger partial charge in [0.15, 0.2) is 5.96 Å². The number of hydrogen-bond donors (Lipinski definition) is 2. The minimum Gasteiger partial charge on any atom is -0.353 e. The lowest BCUT2D eigenvalue weighted by Gasteiger charge is -2.36. The van der Waals surface area contributed by atoms with Gasteiger partial charge in [-0.1, -0.05) is 38.1 Å². The smallest absolute Gasteiger partial charge is 0.234 e. The summed E-state index contributed by atoms with van der Waals surface area (Å²) in [6.45, 7) is 12.5. The molecule has 0 aromatic heterocycles. The number of amides is 1. The number of carbonyl (C=O) groups excluding carboxylic acids is 1. The minimum absolute atomic E-state index is 0.111. The first kappa shape index (κ1) is 21.6. The molecule has 6 nitrogen and oxygen atoms in total. The standard InChI is InChI=1S/C23H37N5O/c1-16(2)18-6-8-19(9-7-18)20-14-21(20)26-23(24-5)28-12-10-27(11-13-28)15-22(29)25-17(3)4/h6-9,16-17,20-21H,10-15H2,1-5H3,(H,24,26)(H,25,29). The lowest BCUT2D eigenvalue weighted by atomic mass is 10.0. The van der Waals surface area contributed by atoms with Crippen LogP contribution >= 0.6 is 0 Å². The summed E-state index contributed by atoms with van der Waals surface area (Å²) in [5, 5.41) is 6.63. The highest BCUT2D eigenvalue weighted by molar-refractivity contribution is 5.81. The predicted molar refractivity (Wildman–Crippen MR) is 119 cm³/mol. The molecule has 1 heterocycles. The van der Waals surface area contributed by atoms with Crippen molar-refractivity contribution < 1.29 is 4.79 Å². The number of rotatable bonds is 6. The van der Waals surface area contributed by atoms with Crippen molar-refractivity contribution in [2.45, 2.75) is 58.0 Å². The van der Waals surface area contributed by atoms with Gasteiger partial charge in [0.1, 0.15) is 0 Å². The van der Waals surface area contributed by atoms with Crippen LogP contribution in [0.1, 0.15) is 57.1 Å². The molecule has 1 amide bonds. The van der Waals surface area contributed by atoms with Crippen molar-refractivity contribution in [3.63, 3.8) is 0 Å². The Morgan fingerprint density at radius 1 is 1.10 bits per heavy atom. The monoisotopic (exact) mass is 399 g/mol. The molecule has 1 saturated carbocycles. The van der Waals surface area contributed by atoms with Crippen LogP contribution in [0.3, 0.4) is 0 Å². The van der Waals surface area contributed by atoms with Crippen LogP contribution in [0.15, 0.2) is 29.3 Å². The van der Waals surface area contributed by atoms with E-state index in [1.165, 1.54) is 11.1 Å². The Hall–Kier alpha value is -2.08. The number of hydrogen-bond acceptors (Lipinski definition) is 3. The molecule has 2 unspecified atom stereocenters. The number of guanidine groups is 1. The molecule has 2 fully saturated rings. The normalized spacial score (nSPS) is 22.9. The van der Waals surface area contributed by atoms with Crippen LogP contribution in [0, 0.1) is 0 Å². The van der Waals surface area contributed by atoms with Crippen LogP contribution in [-0.4, -0.2) is 73.5 Å². The van der Waals surface area contributed by atoms with Gasteiger partial charge in [-0.25, -0.2) is 0 Å². The molecule has 2 N–H and O–H groups in total. The lowest BCUT2D eigenvalue weighted by molar-refractivity contribution is -0.123. The summed E-state index contributed by atoms with van der Waals surface area (Å²) >= 11 is 0. The summed E-state index contributed by atoms with van der Waals surface area (Å²) in [4.78, 5) is 21.0. The number of carbonyl (C=O) groups is 1. The largest absolute Gasteiger partial charge is 0.353 e. The number of piperazine rings is 1. The first-order valence-electron chi connectivity index (χ1n) is 11.0. The molecule has 2 atom stereocenters. The quantitative estimate of drug-likeness (QED) is 0.570. The average Bonchev–Trinajstić information content (AvgIpc) is 3.45. The van der Waals surface area contributed by atoms with Crippen molar-refractivity contribution in [3.8, 4) is 0 Å². The van der Waals surface area contributed by atoms with Crippen LogP contribution in [0.25, 0.3) is 0 Å². The van der Waals surface area contributed by atoms with Crippen LogP contribution in [-0.2, 0) is 4.79 Å². The van der Waals surface area contributed by atoms with Gasteiger partial charge in [0.25, 0.3) is 0 Å². The first-order valence-corrected chi connectivity index (χ1v) is 11.0. The van der Waals surface area contributed by atoms with Crippen molar-refractivity contribution in [2.75, 3.05) is 39.8 Å². The van der Waals surface area contributed by atoms with E-state index in [4.69, 9.17) is 0 Å². The highest BCUT2D eigenvalue weighted by Gasteiger charge is 2.39. The number of aliphatic imine (C=N–C) groups is 1. The van der Waals surface area contributed by atoms with Gasteiger partial charge in [-0.05, 0) is 37.3 Å². The van der Waals surface area contributed by atoms with E-state index in [2.05, 4.69) is 63.5 Å². The Morgan fingerprint density at radius 3 is 2.31 bits per heavy atom. The summed E-state index contributed by atoms with van der Waals surface area (Å²) in [5.74, 6) is 2.25. The average molecular weight is 400 g/mol. The van der Waals surface area contributed by atoms with Crippen molar-refractivity contribution in [3.05, 3.63) is 35.4 Å². The van der Waals surface area contributed by atoms with Gasteiger partial charge in [0, 0.05) is 51.2 Å². The predicted octanol–water partition coefficient (Wildman–Crippen LogP) is 2.38. The lowest BCUT2D eigenvalue weighted by Crippen LogP contribution is -2.54. The Kier molecular flexibility index (Phi) is 7.17. The summed E-state index contributed by atoms with van der Waals surface area (Å²) < 4.78 is 0. The first-order chi connectivity index (χ1) is 13.9. The van der Waals surface area contributed by atoms with Gasteiger partial charge in [0.2, 0.25) is 5.91 Å². The molecule has 3 rings (SSSR count). The molecule has 160 valence electrons. The molecule has 1 aromatic rings. The van der Waals surface area contributed by atoms with Crippen LogP contribution in [0.5, 0.6) is 0 Å².